The number of aromatic nitrogens is 5. The van der Waals surface area contributed by atoms with Gasteiger partial charge in [-0.15, -0.1) is 10.2 Å². The molecule has 1 aromatic carbocycles. The summed E-state index contributed by atoms with van der Waals surface area (Å²) in [4.78, 5) is 0. The van der Waals surface area contributed by atoms with Crippen LogP contribution in [0, 0.1) is 11.6 Å². The summed E-state index contributed by atoms with van der Waals surface area (Å²) in [5.41, 5.74) is 2.63. The molecule has 0 radical (unpaired) electrons. The molecule has 4 aromatic rings. The second-order valence-corrected chi connectivity index (χ2v) is 5.92. The fourth-order valence-corrected chi connectivity index (χ4v) is 3.01. The topological polar surface area (TPSA) is 69.3 Å². The number of anilines is 1. The van der Waals surface area contributed by atoms with Gasteiger partial charge in [-0.05, 0) is 18.2 Å². The molecule has 9 heteroatoms. The molecule has 0 amide bonds. The number of nitrogens with one attached hydrogen (secondary N) is 1. The summed E-state index contributed by atoms with van der Waals surface area (Å²) in [5, 5.41) is 15.5. The second kappa shape index (κ2) is 6.67. The van der Waals surface area contributed by atoms with Crippen LogP contribution in [0.15, 0.2) is 42.9 Å². The van der Waals surface area contributed by atoms with Crippen LogP contribution in [-0.2, 0) is 13.6 Å². The first-order valence-corrected chi connectivity index (χ1v) is 8.15. The third-order valence-corrected chi connectivity index (χ3v) is 4.34. The molecule has 0 spiro atoms. The molecule has 27 heavy (non-hydrogen) atoms. The SMILES string of the molecule is COc1cc(F)cc(F)c1CNc1ccc(-c2ccnn2C)c2nncn12. The van der Waals surface area contributed by atoms with Gasteiger partial charge < -0.3 is 10.1 Å². The van der Waals surface area contributed by atoms with E-state index >= 15 is 0 Å². The first kappa shape index (κ1) is 17.0. The van der Waals surface area contributed by atoms with Gasteiger partial charge in [-0.1, -0.05) is 0 Å². The van der Waals surface area contributed by atoms with Crippen LogP contribution in [-0.4, -0.2) is 31.5 Å². The van der Waals surface area contributed by atoms with Gasteiger partial charge in [0.25, 0.3) is 0 Å². The Hall–Kier alpha value is -3.49. The van der Waals surface area contributed by atoms with E-state index < -0.39 is 11.6 Å². The van der Waals surface area contributed by atoms with Gasteiger partial charge in [0.1, 0.15) is 29.5 Å². The van der Waals surface area contributed by atoms with Crippen molar-refractivity contribution in [1.29, 1.82) is 0 Å². The van der Waals surface area contributed by atoms with E-state index in [1.54, 1.807) is 21.6 Å². The number of nitrogens with zero attached hydrogens (tertiary/aromatic N) is 5. The lowest BCUT2D eigenvalue weighted by molar-refractivity contribution is 0.400. The second-order valence-electron chi connectivity index (χ2n) is 5.92. The lowest BCUT2D eigenvalue weighted by Gasteiger charge is -2.14. The van der Waals surface area contributed by atoms with Crippen molar-refractivity contribution in [2.45, 2.75) is 6.54 Å². The minimum Gasteiger partial charge on any atom is -0.496 e. The molecule has 0 saturated carbocycles. The number of rotatable bonds is 5. The molecule has 3 heterocycles. The molecule has 0 aliphatic heterocycles. The van der Waals surface area contributed by atoms with Crippen LogP contribution in [0.5, 0.6) is 5.75 Å². The van der Waals surface area contributed by atoms with Crippen molar-refractivity contribution < 1.29 is 13.5 Å². The van der Waals surface area contributed by atoms with Crippen molar-refractivity contribution in [3.8, 4) is 17.0 Å². The first-order valence-electron chi connectivity index (χ1n) is 8.15. The smallest absolute Gasteiger partial charge is 0.171 e. The number of fused-ring (bicyclic) bond motifs is 1. The Morgan fingerprint density at radius 1 is 1.19 bits per heavy atom. The van der Waals surface area contributed by atoms with Crippen LogP contribution < -0.4 is 10.1 Å². The molecule has 0 aliphatic rings. The zero-order valence-electron chi connectivity index (χ0n) is 14.6. The van der Waals surface area contributed by atoms with E-state index in [0.717, 1.165) is 23.4 Å². The highest BCUT2D eigenvalue weighted by atomic mass is 19.1. The standard InChI is InChI=1S/C18H16F2N6O/c1-25-15(5-6-23-25)12-3-4-17(26-10-22-24-18(12)26)21-9-13-14(20)7-11(19)8-16(13)27-2/h3-8,10,21H,9H2,1-2H3. The number of hydrogen-bond donors (Lipinski definition) is 1. The van der Waals surface area contributed by atoms with Crippen molar-refractivity contribution in [3.63, 3.8) is 0 Å². The van der Waals surface area contributed by atoms with Crippen LogP contribution >= 0.6 is 0 Å². The third kappa shape index (κ3) is 2.97. The Balaban J connectivity index is 1.69. The van der Waals surface area contributed by atoms with Gasteiger partial charge in [0.2, 0.25) is 0 Å². The molecular formula is C18H16F2N6O. The van der Waals surface area contributed by atoms with Gasteiger partial charge in [0.15, 0.2) is 5.65 Å². The number of methoxy groups -OCH3 is 1. The van der Waals surface area contributed by atoms with E-state index in [0.29, 0.717) is 11.5 Å². The summed E-state index contributed by atoms with van der Waals surface area (Å²) < 4.78 is 36.1. The lowest BCUT2D eigenvalue weighted by Crippen LogP contribution is -2.08. The highest BCUT2D eigenvalue weighted by molar-refractivity contribution is 5.77. The Bertz CT molecular complexity index is 1120. The molecule has 0 saturated heterocycles. The molecular weight excluding hydrogens is 354 g/mol. The molecule has 138 valence electrons. The summed E-state index contributed by atoms with van der Waals surface area (Å²) in [6, 6.07) is 7.60. The molecule has 4 rings (SSSR count). The fraction of sp³-hybridized carbons (Fsp3) is 0.167. The van der Waals surface area contributed by atoms with E-state index in [-0.39, 0.29) is 17.9 Å². The van der Waals surface area contributed by atoms with Gasteiger partial charge in [0, 0.05) is 43.0 Å². The number of hydrogen-bond acceptors (Lipinski definition) is 5. The predicted octanol–water partition coefficient (Wildman–Crippen LogP) is 3.03. The van der Waals surface area contributed by atoms with E-state index in [9.17, 15) is 8.78 Å². The fourth-order valence-electron chi connectivity index (χ4n) is 3.01. The van der Waals surface area contributed by atoms with Crippen molar-refractivity contribution in [3.05, 3.63) is 60.1 Å². The van der Waals surface area contributed by atoms with Gasteiger partial charge in [-0.25, -0.2) is 8.78 Å². The van der Waals surface area contributed by atoms with Gasteiger partial charge in [-0.2, -0.15) is 5.10 Å². The highest BCUT2D eigenvalue weighted by Gasteiger charge is 2.15. The summed E-state index contributed by atoms with van der Waals surface area (Å²) in [6.07, 6.45) is 3.27. The molecule has 7 nitrogen and oxygen atoms in total. The minimum absolute atomic E-state index is 0.105. The van der Waals surface area contributed by atoms with Crippen LogP contribution in [0.3, 0.4) is 0 Å². The van der Waals surface area contributed by atoms with Crippen LogP contribution in [0.2, 0.25) is 0 Å². The molecule has 0 atom stereocenters. The Morgan fingerprint density at radius 2 is 2.04 bits per heavy atom. The van der Waals surface area contributed by atoms with E-state index in [4.69, 9.17) is 4.74 Å². The average molecular weight is 370 g/mol. The highest BCUT2D eigenvalue weighted by Crippen LogP contribution is 2.27. The van der Waals surface area contributed by atoms with Crippen LogP contribution in [0.1, 0.15) is 5.56 Å². The van der Waals surface area contributed by atoms with Gasteiger partial charge in [0.05, 0.1) is 12.8 Å². The maximum Gasteiger partial charge on any atom is 0.171 e. The predicted molar refractivity (Wildman–Crippen MR) is 95.4 cm³/mol. The molecule has 0 unspecified atom stereocenters. The van der Waals surface area contributed by atoms with Crippen molar-refractivity contribution in [1.82, 2.24) is 24.4 Å². The van der Waals surface area contributed by atoms with Crippen LogP contribution in [0.25, 0.3) is 16.9 Å². The molecule has 3 aromatic heterocycles. The van der Waals surface area contributed by atoms with Crippen molar-refractivity contribution in [2.75, 3.05) is 12.4 Å². The Labute approximate surface area is 153 Å². The summed E-state index contributed by atoms with van der Waals surface area (Å²) in [6.45, 7) is 0.105. The maximum absolute atomic E-state index is 14.1. The summed E-state index contributed by atoms with van der Waals surface area (Å²) >= 11 is 0. The normalized spacial score (nSPS) is 11.1. The summed E-state index contributed by atoms with van der Waals surface area (Å²) in [5.74, 6) is -0.557. The number of aryl methyl sites for hydroxylation is 1. The van der Waals surface area contributed by atoms with Crippen molar-refractivity contribution >= 4 is 11.5 Å². The minimum atomic E-state index is -0.685. The average Bonchev–Trinajstić information content (AvgIpc) is 3.29. The quantitative estimate of drug-likeness (QED) is 0.585. The number of halogens is 2. The van der Waals surface area contributed by atoms with Gasteiger partial charge >= 0.3 is 0 Å². The van der Waals surface area contributed by atoms with E-state index in [1.807, 2.05) is 25.2 Å². The number of benzene rings is 1. The molecule has 0 aliphatic carbocycles. The number of ether oxygens (including phenoxy) is 1. The monoisotopic (exact) mass is 370 g/mol. The zero-order chi connectivity index (χ0) is 19.0. The van der Waals surface area contributed by atoms with Gasteiger partial charge in [-0.3, -0.25) is 9.08 Å². The Kier molecular flexibility index (Phi) is 4.19. The molecule has 0 bridgehead atoms. The third-order valence-electron chi connectivity index (χ3n) is 4.34. The maximum atomic E-state index is 14.1. The number of pyridine rings is 1. The molecule has 1 N–H and O–H groups in total. The largest absolute Gasteiger partial charge is 0.496 e. The van der Waals surface area contributed by atoms with E-state index in [2.05, 4.69) is 20.6 Å². The van der Waals surface area contributed by atoms with E-state index in [1.165, 1.54) is 7.11 Å². The first-order chi connectivity index (χ1) is 13.1. The zero-order valence-corrected chi connectivity index (χ0v) is 14.6. The van der Waals surface area contributed by atoms with Crippen molar-refractivity contribution in [2.24, 2.45) is 7.05 Å². The molecule has 0 fully saturated rings. The van der Waals surface area contributed by atoms with Crippen LogP contribution in [0.4, 0.5) is 14.6 Å². The lowest BCUT2D eigenvalue weighted by atomic mass is 10.1. The summed E-state index contributed by atoms with van der Waals surface area (Å²) in [7, 11) is 3.22. The Morgan fingerprint density at radius 3 is 2.78 bits per heavy atom.